The zero-order valence-electron chi connectivity index (χ0n) is 36.6. The SMILES string of the molecule is C=C[C@@H]1C[C@]1(CC(=O)[C@@H]1C[C@@H]2CN1C(=O)[C@H](C1CCCCC1)CC(=O)N1CCC[C@@H](CCCCc3cc4c(cc(-c5ccccc5)nc4cc3OC)O2)C1)C(=O)NS(=O)(=O)C1CC1. The molecule has 3 saturated carbocycles. The highest BCUT2D eigenvalue weighted by atomic mass is 32.2. The molecule has 1 N–H and O–H groups in total. The van der Waals surface area contributed by atoms with Crippen LogP contribution in [-0.2, 0) is 35.6 Å². The van der Waals surface area contributed by atoms with Crippen molar-refractivity contribution in [2.24, 2.45) is 29.1 Å². The number of nitrogens with one attached hydrogen (secondary N) is 1. The number of aryl methyl sites for hydroxylation is 1. The van der Waals surface area contributed by atoms with Gasteiger partial charge in [0, 0.05) is 61.4 Å². The van der Waals surface area contributed by atoms with Crippen LogP contribution >= 0.6 is 0 Å². The second-order valence-corrected chi connectivity index (χ2v) is 21.3. The first-order valence-electron chi connectivity index (χ1n) is 23.5. The normalized spacial score (nSPS) is 28.4. The third kappa shape index (κ3) is 9.13. The first-order chi connectivity index (χ1) is 30.5. The number of carbonyl (C=O) groups is 4. The van der Waals surface area contributed by atoms with Crippen molar-refractivity contribution in [1.82, 2.24) is 19.5 Å². The van der Waals surface area contributed by atoms with Crippen LogP contribution in [-0.4, -0.2) is 90.8 Å². The van der Waals surface area contributed by atoms with Gasteiger partial charge in [-0.3, -0.25) is 23.9 Å². The number of hydrogen-bond acceptors (Lipinski definition) is 9. The number of nitrogens with zero attached hydrogens (tertiary/aromatic N) is 3. The van der Waals surface area contributed by atoms with Crippen LogP contribution in [0.15, 0.2) is 61.2 Å². The van der Waals surface area contributed by atoms with E-state index in [1.807, 2.05) is 47.4 Å². The van der Waals surface area contributed by atoms with E-state index in [0.29, 0.717) is 55.2 Å². The predicted molar refractivity (Wildman–Crippen MR) is 240 cm³/mol. The molecule has 13 heteroatoms. The molecular weight excluding hydrogens is 817 g/mol. The molecule has 6 aliphatic rings. The van der Waals surface area contributed by atoms with Crippen molar-refractivity contribution < 1.29 is 37.1 Å². The fraction of sp³-hybridized carbons (Fsp3) is 0.580. The number of piperidine rings is 1. The van der Waals surface area contributed by atoms with Crippen LogP contribution in [0.4, 0.5) is 0 Å². The zero-order valence-corrected chi connectivity index (χ0v) is 37.4. The van der Waals surface area contributed by atoms with Gasteiger partial charge in [-0.25, -0.2) is 13.4 Å². The Balaban J connectivity index is 1.11. The summed E-state index contributed by atoms with van der Waals surface area (Å²) in [4.78, 5) is 67.3. The molecule has 2 saturated heterocycles. The fourth-order valence-electron chi connectivity index (χ4n) is 11.2. The maximum Gasteiger partial charge on any atom is 0.240 e. The van der Waals surface area contributed by atoms with E-state index in [0.717, 1.165) is 92.9 Å². The summed E-state index contributed by atoms with van der Waals surface area (Å²) in [6.07, 6.45) is 12.9. The maximum absolute atomic E-state index is 15.4. The third-order valence-corrected chi connectivity index (χ3v) is 16.9. The molecule has 9 rings (SSSR count). The summed E-state index contributed by atoms with van der Waals surface area (Å²) in [5.74, 6) is -0.457. The molecule has 0 spiro atoms. The van der Waals surface area contributed by atoms with Crippen LogP contribution in [0.2, 0.25) is 0 Å². The fourth-order valence-corrected chi connectivity index (χ4v) is 12.6. The molecule has 63 heavy (non-hydrogen) atoms. The lowest BCUT2D eigenvalue weighted by atomic mass is 9.77. The van der Waals surface area contributed by atoms with Gasteiger partial charge in [0.2, 0.25) is 27.7 Å². The quantitative estimate of drug-likeness (QED) is 0.203. The van der Waals surface area contributed by atoms with Crippen LogP contribution in [0.3, 0.4) is 0 Å². The van der Waals surface area contributed by atoms with Crippen LogP contribution in [0.5, 0.6) is 11.5 Å². The summed E-state index contributed by atoms with van der Waals surface area (Å²) in [6.45, 7) is 5.40. The Labute approximate surface area is 371 Å². The number of Topliss-reactive ketones (excluding diaryl/α,β-unsaturated/α-hetero) is 1. The molecule has 2 aromatic carbocycles. The van der Waals surface area contributed by atoms with E-state index in [1.165, 1.54) is 0 Å². The molecule has 6 bridgehead atoms. The molecule has 3 aromatic rings. The first-order valence-corrected chi connectivity index (χ1v) is 25.0. The van der Waals surface area contributed by atoms with E-state index in [9.17, 15) is 22.8 Å². The molecule has 3 aliphatic heterocycles. The number of pyridine rings is 1. The molecule has 4 heterocycles. The topological polar surface area (TPSA) is 152 Å². The monoisotopic (exact) mass is 878 g/mol. The standard InChI is InChI=1S/C50H62N4O8S/c1-3-36-28-50(36,49(58)52-63(59,60)38-20-21-38)29-44(55)43-24-37-31-54(43)48(57)39(33-15-6-4-7-16-33)25-47(56)53-22-12-14-32(30-53)13-10-11-19-35-23-40-42(27-45(35)61-2)51-41(26-46(40)62-37)34-17-8-5-9-18-34/h3,5,8-9,17-18,23,26-27,32-33,36-39,43H,1,4,6-7,10-16,19-22,24-25,28-31H2,2H3,(H,52,58)/t32-,36-,37-,39+,43+,50-/m1/s1. The number of sulfonamides is 1. The van der Waals surface area contributed by atoms with Gasteiger partial charge in [-0.05, 0) is 93.6 Å². The molecule has 5 fully saturated rings. The molecule has 0 radical (unpaired) electrons. The lowest BCUT2D eigenvalue weighted by molar-refractivity contribution is -0.147. The van der Waals surface area contributed by atoms with Crippen LogP contribution in [0.25, 0.3) is 22.2 Å². The molecule has 1 aromatic heterocycles. The van der Waals surface area contributed by atoms with Crippen LogP contribution in [0.1, 0.15) is 108 Å². The number of carbonyl (C=O) groups excluding carboxylic acids is 4. The number of amides is 3. The lowest BCUT2D eigenvalue weighted by Crippen LogP contribution is -2.49. The van der Waals surface area contributed by atoms with Crippen molar-refractivity contribution in [2.45, 2.75) is 127 Å². The van der Waals surface area contributed by atoms with Gasteiger partial charge in [-0.2, -0.15) is 0 Å². The number of aromatic nitrogens is 1. The van der Waals surface area contributed by atoms with Gasteiger partial charge in [0.05, 0.1) is 41.6 Å². The highest BCUT2D eigenvalue weighted by molar-refractivity contribution is 7.90. The number of benzene rings is 2. The van der Waals surface area contributed by atoms with Gasteiger partial charge in [-0.15, -0.1) is 6.58 Å². The van der Waals surface area contributed by atoms with Crippen molar-refractivity contribution in [2.75, 3.05) is 26.7 Å². The van der Waals surface area contributed by atoms with E-state index >= 15 is 4.79 Å². The smallest absolute Gasteiger partial charge is 0.240 e. The van der Waals surface area contributed by atoms with Gasteiger partial charge in [0.15, 0.2) is 5.78 Å². The number of fused-ring (bicyclic) bond motifs is 5. The molecule has 3 amide bonds. The van der Waals surface area contributed by atoms with E-state index in [-0.39, 0.29) is 55.2 Å². The minimum absolute atomic E-state index is 0.00379. The summed E-state index contributed by atoms with van der Waals surface area (Å²) in [7, 11) is -2.18. The number of allylic oxidation sites excluding steroid dienone is 1. The van der Waals surface area contributed by atoms with E-state index in [2.05, 4.69) is 17.4 Å². The van der Waals surface area contributed by atoms with Gasteiger partial charge in [-0.1, -0.05) is 62.1 Å². The highest BCUT2D eigenvalue weighted by Gasteiger charge is 2.61. The summed E-state index contributed by atoms with van der Waals surface area (Å²) in [6, 6.07) is 14.9. The zero-order chi connectivity index (χ0) is 43.9. The summed E-state index contributed by atoms with van der Waals surface area (Å²) in [5, 5.41) is 0.210. The molecule has 0 unspecified atom stereocenters. The summed E-state index contributed by atoms with van der Waals surface area (Å²) in [5.41, 5.74) is 2.09. The molecular formula is C50H62N4O8S. The largest absolute Gasteiger partial charge is 0.496 e. The molecule has 12 nitrogen and oxygen atoms in total. The predicted octanol–water partition coefficient (Wildman–Crippen LogP) is 7.57. The van der Waals surface area contributed by atoms with Crippen molar-refractivity contribution in [3.63, 3.8) is 0 Å². The lowest BCUT2D eigenvalue weighted by Gasteiger charge is -2.37. The average molecular weight is 879 g/mol. The summed E-state index contributed by atoms with van der Waals surface area (Å²) < 4.78 is 41.2. The Morgan fingerprint density at radius 1 is 0.968 bits per heavy atom. The van der Waals surface area contributed by atoms with E-state index < -0.39 is 44.7 Å². The number of rotatable bonds is 10. The third-order valence-electron chi connectivity index (χ3n) is 15.1. The second-order valence-electron chi connectivity index (χ2n) is 19.4. The number of hydrogen-bond donors (Lipinski definition) is 1. The molecule has 3 aliphatic carbocycles. The second kappa shape index (κ2) is 18.0. The Hall–Kier alpha value is -4.78. The number of methoxy groups -OCH3 is 1. The Bertz CT molecular complexity index is 2360. The van der Waals surface area contributed by atoms with Gasteiger partial charge >= 0.3 is 0 Å². The van der Waals surface area contributed by atoms with Crippen molar-refractivity contribution >= 4 is 44.4 Å². The van der Waals surface area contributed by atoms with E-state index in [1.54, 1.807) is 18.1 Å². The summed E-state index contributed by atoms with van der Waals surface area (Å²) >= 11 is 0. The average Bonchev–Trinajstić information content (AvgIpc) is 4.23. The van der Waals surface area contributed by atoms with Gasteiger partial charge in [0.1, 0.15) is 17.6 Å². The van der Waals surface area contributed by atoms with Crippen molar-refractivity contribution in [1.29, 1.82) is 0 Å². The Morgan fingerprint density at radius 2 is 1.73 bits per heavy atom. The van der Waals surface area contributed by atoms with Crippen molar-refractivity contribution in [3.8, 4) is 22.8 Å². The number of ketones is 1. The Morgan fingerprint density at radius 3 is 2.46 bits per heavy atom. The van der Waals surface area contributed by atoms with Crippen LogP contribution < -0.4 is 14.2 Å². The Kier molecular flexibility index (Phi) is 12.4. The minimum Gasteiger partial charge on any atom is -0.496 e. The first kappa shape index (κ1) is 43.5. The van der Waals surface area contributed by atoms with Crippen molar-refractivity contribution in [3.05, 3.63) is 66.7 Å². The highest BCUT2D eigenvalue weighted by Crippen LogP contribution is 2.57. The minimum atomic E-state index is -3.86. The maximum atomic E-state index is 15.4. The van der Waals surface area contributed by atoms with Crippen LogP contribution in [0, 0.1) is 29.1 Å². The molecule has 6 atom stereocenters. The number of ether oxygens (including phenoxy) is 2. The van der Waals surface area contributed by atoms with E-state index in [4.69, 9.17) is 14.5 Å². The molecule has 336 valence electrons. The van der Waals surface area contributed by atoms with Gasteiger partial charge in [0.25, 0.3) is 0 Å². The van der Waals surface area contributed by atoms with Gasteiger partial charge < -0.3 is 19.3 Å².